The first kappa shape index (κ1) is 12.9. The highest BCUT2D eigenvalue weighted by atomic mass is 16.5. The van der Waals surface area contributed by atoms with Crippen molar-refractivity contribution in [3.8, 4) is 0 Å². The molecule has 20 heavy (non-hydrogen) atoms. The van der Waals surface area contributed by atoms with E-state index in [1.165, 1.54) is 12.7 Å². The fraction of sp³-hybridized carbons (Fsp3) is 0.375. The Balaban J connectivity index is 1.94. The van der Waals surface area contributed by atoms with Crippen molar-refractivity contribution in [1.29, 1.82) is 0 Å². The maximum absolute atomic E-state index is 12.0. The molecule has 0 saturated heterocycles. The number of nitrogens with zero attached hydrogens (tertiary/aromatic N) is 2. The molecule has 0 fully saturated rings. The summed E-state index contributed by atoms with van der Waals surface area (Å²) < 4.78 is 7.03. The molecule has 4 heteroatoms. The van der Waals surface area contributed by atoms with E-state index in [0.717, 1.165) is 37.2 Å². The molecule has 0 aliphatic heterocycles. The van der Waals surface area contributed by atoms with Crippen LogP contribution in [0.3, 0.4) is 0 Å². The van der Waals surface area contributed by atoms with Gasteiger partial charge in [0.25, 0.3) is 0 Å². The zero-order valence-corrected chi connectivity index (χ0v) is 11.6. The van der Waals surface area contributed by atoms with Gasteiger partial charge in [0.05, 0.1) is 30.7 Å². The summed E-state index contributed by atoms with van der Waals surface area (Å²) >= 11 is 0. The molecule has 2 aromatic rings. The Morgan fingerprint density at radius 1 is 1.40 bits per heavy atom. The normalized spacial score (nSPS) is 17.6. The predicted octanol–water partition coefficient (Wildman–Crippen LogP) is 2.52. The van der Waals surface area contributed by atoms with Crippen molar-refractivity contribution >= 4 is 5.97 Å². The van der Waals surface area contributed by atoms with Gasteiger partial charge in [0, 0.05) is 6.54 Å². The number of fused-ring (bicyclic) bond motifs is 1. The highest BCUT2D eigenvalue weighted by Gasteiger charge is 2.31. The highest BCUT2D eigenvalue weighted by Crippen LogP contribution is 2.32. The second kappa shape index (κ2) is 5.49. The molecule has 0 unspecified atom stereocenters. The van der Waals surface area contributed by atoms with E-state index in [-0.39, 0.29) is 11.9 Å². The minimum Gasteiger partial charge on any atom is -0.469 e. The Labute approximate surface area is 118 Å². The number of benzene rings is 1. The molecule has 1 aliphatic rings. The Bertz CT molecular complexity index is 604. The van der Waals surface area contributed by atoms with Crippen LogP contribution in [0.5, 0.6) is 0 Å². The zero-order valence-electron chi connectivity index (χ0n) is 11.6. The fourth-order valence-electron chi connectivity index (χ4n) is 2.92. The standard InChI is InChI=1S/C16H18N2O2/c1-20-16(19)13-8-5-9-14-15(13)18(11-17-14)10-12-6-3-2-4-7-12/h2-4,6-7,11,13H,5,8-10H2,1H3/t13-/m1/s1. The van der Waals surface area contributed by atoms with Crippen LogP contribution in [0.25, 0.3) is 0 Å². The minimum absolute atomic E-state index is 0.152. The lowest BCUT2D eigenvalue weighted by molar-refractivity contribution is -0.143. The molecule has 3 rings (SSSR count). The number of hydrogen-bond donors (Lipinski definition) is 0. The van der Waals surface area contributed by atoms with Crippen LogP contribution in [0.15, 0.2) is 36.7 Å². The molecular formula is C16H18N2O2. The van der Waals surface area contributed by atoms with Crippen LogP contribution in [0.2, 0.25) is 0 Å². The molecule has 0 amide bonds. The lowest BCUT2D eigenvalue weighted by Gasteiger charge is -2.22. The van der Waals surface area contributed by atoms with Crippen molar-refractivity contribution in [3.63, 3.8) is 0 Å². The third-order valence-corrected chi connectivity index (χ3v) is 3.88. The molecule has 0 spiro atoms. The van der Waals surface area contributed by atoms with Crippen LogP contribution in [0.4, 0.5) is 0 Å². The summed E-state index contributed by atoms with van der Waals surface area (Å²) in [6.45, 7) is 0.747. The van der Waals surface area contributed by atoms with Gasteiger partial charge in [0.2, 0.25) is 0 Å². The molecule has 0 N–H and O–H groups in total. The van der Waals surface area contributed by atoms with Gasteiger partial charge in [0.1, 0.15) is 0 Å². The molecule has 0 radical (unpaired) electrons. The van der Waals surface area contributed by atoms with E-state index in [2.05, 4.69) is 21.7 Å². The lowest BCUT2D eigenvalue weighted by Crippen LogP contribution is -2.22. The number of aromatic nitrogens is 2. The first-order valence-electron chi connectivity index (χ1n) is 6.95. The van der Waals surface area contributed by atoms with Crippen LogP contribution < -0.4 is 0 Å². The van der Waals surface area contributed by atoms with E-state index in [1.807, 2.05) is 24.5 Å². The SMILES string of the molecule is COC(=O)[C@@H]1CCCc2ncn(Cc3ccccc3)c21. The molecule has 4 nitrogen and oxygen atoms in total. The van der Waals surface area contributed by atoms with E-state index in [9.17, 15) is 4.79 Å². The fourth-order valence-corrected chi connectivity index (χ4v) is 2.92. The Hall–Kier alpha value is -2.10. The predicted molar refractivity (Wildman–Crippen MR) is 75.5 cm³/mol. The molecule has 1 aromatic heterocycles. The van der Waals surface area contributed by atoms with Crippen molar-refractivity contribution in [2.45, 2.75) is 31.7 Å². The van der Waals surface area contributed by atoms with Gasteiger partial charge < -0.3 is 9.30 Å². The topological polar surface area (TPSA) is 44.1 Å². The first-order chi connectivity index (χ1) is 9.79. The van der Waals surface area contributed by atoms with Crippen LogP contribution in [0.1, 0.15) is 35.7 Å². The van der Waals surface area contributed by atoms with Gasteiger partial charge in [-0.25, -0.2) is 4.98 Å². The van der Waals surface area contributed by atoms with Gasteiger partial charge in [-0.15, -0.1) is 0 Å². The summed E-state index contributed by atoms with van der Waals surface area (Å²) in [4.78, 5) is 16.4. The summed E-state index contributed by atoms with van der Waals surface area (Å²) in [7, 11) is 1.45. The van der Waals surface area contributed by atoms with Gasteiger partial charge in [-0.05, 0) is 24.8 Å². The second-order valence-electron chi connectivity index (χ2n) is 5.16. The number of aryl methyl sites for hydroxylation is 1. The molecular weight excluding hydrogens is 252 g/mol. The Morgan fingerprint density at radius 2 is 2.20 bits per heavy atom. The minimum atomic E-state index is -0.171. The Morgan fingerprint density at radius 3 is 2.95 bits per heavy atom. The van der Waals surface area contributed by atoms with E-state index < -0.39 is 0 Å². The molecule has 1 heterocycles. The third-order valence-electron chi connectivity index (χ3n) is 3.88. The lowest BCUT2D eigenvalue weighted by atomic mass is 9.89. The summed E-state index contributed by atoms with van der Waals surface area (Å²) in [5.74, 6) is -0.323. The van der Waals surface area contributed by atoms with Gasteiger partial charge in [-0.2, -0.15) is 0 Å². The number of esters is 1. The van der Waals surface area contributed by atoms with Crippen LogP contribution in [0, 0.1) is 0 Å². The van der Waals surface area contributed by atoms with E-state index in [1.54, 1.807) is 0 Å². The average Bonchev–Trinajstić information content (AvgIpc) is 2.91. The smallest absolute Gasteiger partial charge is 0.314 e. The first-order valence-corrected chi connectivity index (χ1v) is 6.95. The molecule has 104 valence electrons. The van der Waals surface area contributed by atoms with Gasteiger partial charge in [-0.3, -0.25) is 4.79 Å². The maximum atomic E-state index is 12.0. The van der Waals surface area contributed by atoms with Crippen LogP contribution in [-0.4, -0.2) is 22.6 Å². The van der Waals surface area contributed by atoms with E-state index in [0.29, 0.717) is 0 Å². The number of carbonyl (C=O) groups excluding carboxylic acids is 1. The molecule has 1 atom stereocenters. The molecule has 0 saturated carbocycles. The summed E-state index contributed by atoms with van der Waals surface area (Å²) in [6, 6.07) is 10.2. The molecule has 1 aromatic carbocycles. The van der Waals surface area contributed by atoms with Crippen LogP contribution >= 0.6 is 0 Å². The van der Waals surface area contributed by atoms with Gasteiger partial charge >= 0.3 is 5.97 Å². The van der Waals surface area contributed by atoms with Crippen molar-refractivity contribution in [2.24, 2.45) is 0 Å². The molecule has 1 aliphatic carbocycles. The summed E-state index contributed by atoms with van der Waals surface area (Å²) in [5, 5.41) is 0. The Kier molecular flexibility index (Phi) is 3.54. The number of methoxy groups -OCH3 is 1. The number of ether oxygens (including phenoxy) is 1. The highest BCUT2D eigenvalue weighted by molar-refractivity contribution is 5.78. The van der Waals surface area contributed by atoms with Crippen molar-refractivity contribution < 1.29 is 9.53 Å². The quantitative estimate of drug-likeness (QED) is 0.805. The van der Waals surface area contributed by atoms with Crippen molar-refractivity contribution in [1.82, 2.24) is 9.55 Å². The third kappa shape index (κ3) is 2.33. The zero-order chi connectivity index (χ0) is 13.9. The summed E-state index contributed by atoms with van der Waals surface area (Å²) in [6.07, 6.45) is 4.64. The largest absolute Gasteiger partial charge is 0.469 e. The maximum Gasteiger partial charge on any atom is 0.314 e. The second-order valence-corrected chi connectivity index (χ2v) is 5.16. The van der Waals surface area contributed by atoms with E-state index in [4.69, 9.17) is 4.74 Å². The van der Waals surface area contributed by atoms with E-state index >= 15 is 0 Å². The summed E-state index contributed by atoms with van der Waals surface area (Å²) in [5.41, 5.74) is 3.29. The average molecular weight is 270 g/mol. The van der Waals surface area contributed by atoms with Crippen LogP contribution in [-0.2, 0) is 22.5 Å². The number of rotatable bonds is 3. The number of imidazole rings is 1. The number of hydrogen-bond acceptors (Lipinski definition) is 3. The monoisotopic (exact) mass is 270 g/mol. The molecule has 0 bridgehead atoms. The van der Waals surface area contributed by atoms with Crippen molar-refractivity contribution in [2.75, 3.05) is 7.11 Å². The van der Waals surface area contributed by atoms with Crippen molar-refractivity contribution in [3.05, 3.63) is 53.6 Å². The van der Waals surface area contributed by atoms with Gasteiger partial charge in [0.15, 0.2) is 0 Å². The number of carbonyl (C=O) groups is 1. The van der Waals surface area contributed by atoms with Gasteiger partial charge in [-0.1, -0.05) is 30.3 Å².